The number of carbonyl (C=O) groups is 1. The number of hydrogen-bond donors (Lipinski definition) is 0. The summed E-state index contributed by atoms with van der Waals surface area (Å²) in [6.07, 6.45) is 4.91. The number of carbonyl (C=O) groups excluding carboxylic acids is 1. The molecule has 0 heterocycles. The quantitative estimate of drug-likeness (QED) is 0.715. The lowest BCUT2D eigenvalue weighted by molar-refractivity contribution is -0.107. The third kappa shape index (κ3) is 2.89. The highest BCUT2D eigenvalue weighted by Gasteiger charge is 1.98. The highest BCUT2D eigenvalue weighted by Crippen LogP contribution is 2.25. The Bertz CT molecular complexity index is 345. The number of benzene rings is 1. The van der Waals surface area contributed by atoms with Crippen molar-refractivity contribution in [2.75, 3.05) is 7.11 Å². The van der Waals surface area contributed by atoms with Crippen LogP contribution in [0.1, 0.15) is 12.0 Å². The van der Waals surface area contributed by atoms with Gasteiger partial charge in [0.25, 0.3) is 0 Å². The molecule has 1 rings (SSSR count). The van der Waals surface area contributed by atoms with Gasteiger partial charge in [0.05, 0.1) is 12.1 Å². The second-order valence-electron chi connectivity index (χ2n) is 2.70. The van der Waals surface area contributed by atoms with E-state index in [1.807, 2.05) is 18.2 Å². The van der Waals surface area contributed by atoms with Crippen LogP contribution >= 0.6 is 11.6 Å². The van der Waals surface area contributed by atoms with Crippen molar-refractivity contribution in [3.63, 3.8) is 0 Å². The molecule has 0 amide bonds. The molecule has 0 aliphatic carbocycles. The first-order valence-corrected chi connectivity index (χ1v) is 4.59. The second-order valence-corrected chi connectivity index (χ2v) is 3.11. The van der Waals surface area contributed by atoms with Gasteiger partial charge < -0.3 is 9.53 Å². The molecule has 0 fully saturated rings. The molecule has 2 nitrogen and oxygen atoms in total. The predicted octanol–water partition coefficient (Wildman–Crippen LogP) is 2.95. The number of methoxy groups -OCH3 is 1. The molecule has 0 unspecified atom stereocenters. The highest BCUT2D eigenvalue weighted by molar-refractivity contribution is 6.32. The fourth-order valence-electron chi connectivity index (χ4n) is 1.04. The molecule has 0 atom stereocenters. The smallest absolute Gasteiger partial charge is 0.138 e. The van der Waals surface area contributed by atoms with E-state index in [9.17, 15) is 4.79 Å². The lowest BCUT2D eigenvalue weighted by atomic mass is 10.2. The van der Waals surface area contributed by atoms with Gasteiger partial charge in [0, 0.05) is 6.42 Å². The van der Waals surface area contributed by atoms with Crippen molar-refractivity contribution >= 4 is 24.0 Å². The highest BCUT2D eigenvalue weighted by atomic mass is 35.5. The summed E-state index contributed by atoms with van der Waals surface area (Å²) in [6.45, 7) is 0. The Morgan fingerprint density at radius 2 is 2.29 bits per heavy atom. The van der Waals surface area contributed by atoms with E-state index < -0.39 is 0 Å². The Labute approximate surface area is 88.1 Å². The minimum Gasteiger partial charge on any atom is -0.495 e. The number of allylic oxidation sites excluding steroid dienone is 1. The van der Waals surface area contributed by atoms with E-state index in [1.165, 1.54) is 0 Å². The van der Waals surface area contributed by atoms with Crippen LogP contribution in [-0.2, 0) is 4.79 Å². The zero-order chi connectivity index (χ0) is 10.4. The fourth-order valence-corrected chi connectivity index (χ4v) is 1.23. The van der Waals surface area contributed by atoms with Crippen molar-refractivity contribution < 1.29 is 9.53 Å². The Kier molecular flexibility index (Phi) is 4.20. The molecular weight excluding hydrogens is 200 g/mol. The molecule has 1 aromatic carbocycles. The summed E-state index contributed by atoms with van der Waals surface area (Å²) < 4.78 is 5.06. The van der Waals surface area contributed by atoms with Crippen LogP contribution in [0.25, 0.3) is 6.08 Å². The molecule has 0 bridgehead atoms. The molecule has 1 aromatic rings. The van der Waals surface area contributed by atoms with Crippen LogP contribution in [0, 0.1) is 0 Å². The zero-order valence-corrected chi connectivity index (χ0v) is 8.62. The van der Waals surface area contributed by atoms with Crippen molar-refractivity contribution in [1.82, 2.24) is 0 Å². The van der Waals surface area contributed by atoms with Gasteiger partial charge in [-0.15, -0.1) is 0 Å². The maximum Gasteiger partial charge on any atom is 0.138 e. The van der Waals surface area contributed by atoms with Gasteiger partial charge in [-0.05, 0) is 17.7 Å². The molecule has 74 valence electrons. The first kappa shape index (κ1) is 10.8. The summed E-state index contributed by atoms with van der Waals surface area (Å²) in [5.74, 6) is 0.639. The molecule has 0 saturated carbocycles. The van der Waals surface area contributed by atoms with Crippen LogP contribution in [0.4, 0.5) is 0 Å². The Balaban J connectivity index is 2.83. The summed E-state index contributed by atoms with van der Waals surface area (Å²) in [4.78, 5) is 10.1. The van der Waals surface area contributed by atoms with E-state index in [1.54, 1.807) is 19.3 Å². The molecule has 3 heteroatoms. The van der Waals surface area contributed by atoms with Crippen LogP contribution in [0.3, 0.4) is 0 Å². The monoisotopic (exact) mass is 210 g/mol. The molecule has 0 N–H and O–H groups in total. The maximum atomic E-state index is 10.1. The summed E-state index contributed by atoms with van der Waals surface area (Å²) in [5, 5.41) is 0.583. The first-order chi connectivity index (χ1) is 6.77. The molecule has 0 aliphatic heterocycles. The van der Waals surface area contributed by atoms with Gasteiger partial charge in [-0.1, -0.05) is 29.8 Å². The molecule has 0 aliphatic rings. The molecule has 0 spiro atoms. The van der Waals surface area contributed by atoms with Crippen LogP contribution in [0.15, 0.2) is 24.3 Å². The predicted molar refractivity (Wildman–Crippen MR) is 57.7 cm³/mol. The Hall–Kier alpha value is -1.28. The van der Waals surface area contributed by atoms with Crippen molar-refractivity contribution in [2.45, 2.75) is 6.42 Å². The number of ether oxygens (including phenoxy) is 1. The average Bonchev–Trinajstić information content (AvgIpc) is 2.21. The largest absolute Gasteiger partial charge is 0.495 e. The van der Waals surface area contributed by atoms with Gasteiger partial charge in [0.2, 0.25) is 0 Å². The summed E-state index contributed by atoms with van der Waals surface area (Å²) >= 11 is 5.85. The SMILES string of the molecule is COc1cc(C=CCC=O)ccc1Cl. The van der Waals surface area contributed by atoms with Crippen LogP contribution in [0.2, 0.25) is 5.02 Å². The zero-order valence-electron chi connectivity index (χ0n) is 7.87. The van der Waals surface area contributed by atoms with Crippen molar-refractivity contribution in [3.05, 3.63) is 34.9 Å². The van der Waals surface area contributed by atoms with Crippen molar-refractivity contribution in [2.24, 2.45) is 0 Å². The molecule has 0 radical (unpaired) electrons. The molecule has 0 saturated heterocycles. The Morgan fingerprint density at radius 3 is 2.93 bits per heavy atom. The van der Waals surface area contributed by atoms with Gasteiger partial charge in [0.1, 0.15) is 12.0 Å². The number of halogens is 1. The van der Waals surface area contributed by atoms with Gasteiger partial charge in [0.15, 0.2) is 0 Å². The van der Waals surface area contributed by atoms with Crippen LogP contribution in [-0.4, -0.2) is 13.4 Å². The number of rotatable bonds is 4. The van der Waals surface area contributed by atoms with E-state index in [0.29, 0.717) is 17.2 Å². The third-order valence-electron chi connectivity index (χ3n) is 1.72. The van der Waals surface area contributed by atoms with Crippen LogP contribution in [0.5, 0.6) is 5.75 Å². The molecule has 0 aromatic heterocycles. The van der Waals surface area contributed by atoms with Gasteiger partial charge >= 0.3 is 0 Å². The van der Waals surface area contributed by atoms with Crippen LogP contribution < -0.4 is 4.74 Å². The summed E-state index contributed by atoms with van der Waals surface area (Å²) in [6, 6.07) is 5.46. The van der Waals surface area contributed by atoms with E-state index in [0.717, 1.165) is 11.8 Å². The maximum absolute atomic E-state index is 10.1. The molecule has 14 heavy (non-hydrogen) atoms. The van der Waals surface area contributed by atoms with Gasteiger partial charge in [-0.3, -0.25) is 0 Å². The average molecular weight is 211 g/mol. The lowest BCUT2D eigenvalue weighted by Gasteiger charge is -2.03. The van der Waals surface area contributed by atoms with E-state index >= 15 is 0 Å². The van der Waals surface area contributed by atoms with E-state index in [2.05, 4.69) is 0 Å². The minimum atomic E-state index is 0.422. The first-order valence-electron chi connectivity index (χ1n) is 4.21. The summed E-state index contributed by atoms with van der Waals surface area (Å²) in [7, 11) is 1.57. The Morgan fingerprint density at radius 1 is 1.50 bits per heavy atom. The van der Waals surface area contributed by atoms with Gasteiger partial charge in [-0.2, -0.15) is 0 Å². The second kappa shape index (κ2) is 5.45. The lowest BCUT2D eigenvalue weighted by Crippen LogP contribution is -1.84. The standard InChI is InChI=1S/C11H11ClO2/c1-14-11-8-9(4-2-3-7-13)5-6-10(11)12/h2,4-8H,3H2,1H3. The number of hydrogen-bond acceptors (Lipinski definition) is 2. The topological polar surface area (TPSA) is 26.3 Å². The molecular formula is C11H11ClO2. The fraction of sp³-hybridized carbons (Fsp3) is 0.182. The summed E-state index contributed by atoms with van der Waals surface area (Å²) in [5.41, 5.74) is 0.966. The third-order valence-corrected chi connectivity index (χ3v) is 2.03. The van der Waals surface area contributed by atoms with E-state index in [4.69, 9.17) is 16.3 Å². The minimum absolute atomic E-state index is 0.422. The number of aldehydes is 1. The van der Waals surface area contributed by atoms with E-state index in [-0.39, 0.29) is 0 Å². The van der Waals surface area contributed by atoms with Crippen molar-refractivity contribution in [3.8, 4) is 5.75 Å². The normalized spacial score (nSPS) is 10.4. The van der Waals surface area contributed by atoms with Gasteiger partial charge in [-0.25, -0.2) is 0 Å². The van der Waals surface area contributed by atoms with Crippen molar-refractivity contribution in [1.29, 1.82) is 0 Å².